The Labute approximate surface area is 187 Å². The monoisotopic (exact) mass is 436 g/mol. The van der Waals surface area contributed by atoms with E-state index in [-0.39, 0.29) is 36.0 Å². The van der Waals surface area contributed by atoms with Gasteiger partial charge in [0.05, 0.1) is 24.3 Å². The predicted molar refractivity (Wildman–Crippen MR) is 123 cm³/mol. The quantitative estimate of drug-likeness (QED) is 0.607. The van der Waals surface area contributed by atoms with Crippen molar-refractivity contribution < 1.29 is 14.0 Å². The van der Waals surface area contributed by atoms with Gasteiger partial charge < -0.3 is 10.6 Å². The average molecular weight is 437 g/mol. The molecule has 3 aromatic rings. The van der Waals surface area contributed by atoms with E-state index in [2.05, 4.69) is 37.5 Å². The molecular weight excluding hydrogens is 407 g/mol. The SMILES string of the molecule is Cc1ccc(-n2nc(C(C)(C)C)cc2NC(=O)CNC(=O)Cc2ccc(F)cc2)c(C)c1. The molecule has 0 atom stereocenters. The Morgan fingerprint density at radius 3 is 2.31 bits per heavy atom. The molecule has 2 amide bonds. The number of benzene rings is 2. The third-order valence-corrected chi connectivity index (χ3v) is 5.05. The van der Waals surface area contributed by atoms with Gasteiger partial charge in [-0.1, -0.05) is 50.6 Å². The topological polar surface area (TPSA) is 76.0 Å². The third kappa shape index (κ3) is 5.81. The molecule has 0 radical (unpaired) electrons. The molecule has 0 aliphatic carbocycles. The van der Waals surface area contributed by atoms with Crippen molar-refractivity contribution in [2.45, 2.75) is 46.5 Å². The lowest BCUT2D eigenvalue weighted by atomic mass is 9.92. The number of rotatable bonds is 6. The van der Waals surface area contributed by atoms with Crippen molar-refractivity contribution in [1.82, 2.24) is 15.1 Å². The van der Waals surface area contributed by atoms with Crippen LogP contribution in [0.15, 0.2) is 48.5 Å². The zero-order valence-electron chi connectivity index (χ0n) is 19.1. The highest BCUT2D eigenvalue weighted by Gasteiger charge is 2.22. The molecule has 2 aromatic carbocycles. The highest BCUT2D eigenvalue weighted by atomic mass is 19.1. The summed E-state index contributed by atoms with van der Waals surface area (Å²) in [6.07, 6.45) is 0.0717. The molecule has 0 saturated heterocycles. The first-order chi connectivity index (χ1) is 15.0. The van der Waals surface area contributed by atoms with Crippen molar-refractivity contribution in [2.75, 3.05) is 11.9 Å². The van der Waals surface area contributed by atoms with Gasteiger partial charge in [-0.3, -0.25) is 9.59 Å². The van der Waals surface area contributed by atoms with E-state index in [4.69, 9.17) is 5.10 Å². The van der Waals surface area contributed by atoms with Crippen molar-refractivity contribution in [3.05, 3.63) is 76.7 Å². The van der Waals surface area contributed by atoms with E-state index in [1.165, 1.54) is 12.1 Å². The second-order valence-corrected chi connectivity index (χ2v) is 8.99. The Bertz CT molecular complexity index is 1130. The molecule has 0 saturated carbocycles. The highest BCUT2D eigenvalue weighted by molar-refractivity contribution is 5.94. The van der Waals surface area contributed by atoms with Crippen LogP contribution >= 0.6 is 0 Å². The summed E-state index contributed by atoms with van der Waals surface area (Å²) in [6.45, 7) is 10.0. The minimum atomic E-state index is -0.358. The molecule has 3 rings (SSSR count). The van der Waals surface area contributed by atoms with Gasteiger partial charge in [-0.25, -0.2) is 9.07 Å². The minimum Gasteiger partial charge on any atom is -0.347 e. The van der Waals surface area contributed by atoms with Gasteiger partial charge in [0.1, 0.15) is 11.6 Å². The second kappa shape index (κ2) is 9.34. The molecule has 32 heavy (non-hydrogen) atoms. The van der Waals surface area contributed by atoms with Gasteiger partial charge >= 0.3 is 0 Å². The number of carbonyl (C=O) groups excluding carboxylic acids is 2. The van der Waals surface area contributed by atoms with Crippen LogP contribution < -0.4 is 10.6 Å². The number of anilines is 1. The normalized spacial score (nSPS) is 11.3. The van der Waals surface area contributed by atoms with Crippen molar-refractivity contribution >= 4 is 17.6 Å². The number of carbonyl (C=O) groups is 2. The molecule has 0 bridgehead atoms. The maximum absolute atomic E-state index is 13.0. The Balaban J connectivity index is 1.72. The molecule has 1 aromatic heterocycles. The fourth-order valence-corrected chi connectivity index (χ4v) is 3.28. The van der Waals surface area contributed by atoms with Gasteiger partial charge in [0.15, 0.2) is 0 Å². The number of halogens is 1. The molecule has 168 valence electrons. The van der Waals surface area contributed by atoms with Crippen LogP contribution in [0.5, 0.6) is 0 Å². The summed E-state index contributed by atoms with van der Waals surface area (Å²) in [7, 11) is 0. The van der Waals surface area contributed by atoms with Crippen LogP contribution in [0, 0.1) is 19.7 Å². The Morgan fingerprint density at radius 1 is 1.00 bits per heavy atom. The Kier molecular flexibility index (Phi) is 6.77. The van der Waals surface area contributed by atoms with Crippen LogP contribution in [-0.2, 0) is 21.4 Å². The van der Waals surface area contributed by atoms with Gasteiger partial charge in [-0.15, -0.1) is 0 Å². The smallest absolute Gasteiger partial charge is 0.244 e. The first-order valence-corrected chi connectivity index (χ1v) is 10.5. The lowest BCUT2D eigenvalue weighted by molar-refractivity contribution is -0.123. The van der Waals surface area contributed by atoms with Crippen molar-refractivity contribution in [3.63, 3.8) is 0 Å². The van der Waals surface area contributed by atoms with Crippen LogP contribution in [0.2, 0.25) is 0 Å². The van der Waals surface area contributed by atoms with E-state index in [1.54, 1.807) is 16.8 Å². The first-order valence-electron chi connectivity index (χ1n) is 10.5. The van der Waals surface area contributed by atoms with E-state index in [9.17, 15) is 14.0 Å². The summed E-state index contributed by atoms with van der Waals surface area (Å²) < 4.78 is 14.7. The number of amides is 2. The number of aromatic nitrogens is 2. The van der Waals surface area contributed by atoms with E-state index in [0.29, 0.717) is 11.4 Å². The molecule has 7 heteroatoms. The molecule has 2 N–H and O–H groups in total. The lowest BCUT2D eigenvalue weighted by Crippen LogP contribution is -2.34. The third-order valence-electron chi connectivity index (χ3n) is 5.05. The molecule has 0 aliphatic heterocycles. The molecular formula is C25H29FN4O2. The second-order valence-electron chi connectivity index (χ2n) is 8.99. The fraction of sp³-hybridized carbons (Fsp3) is 0.320. The van der Waals surface area contributed by atoms with Gasteiger partial charge in [0.25, 0.3) is 0 Å². The molecule has 0 aliphatic rings. The van der Waals surface area contributed by atoms with Crippen LogP contribution in [-0.4, -0.2) is 28.1 Å². The predicted octanol–water partition coefficient (Wildman–Crippen LogP) is 4.22. The maximum Gasteiger partial charge on any atom is 0.244 e. The Morgan fingerprint density at radius 2 is 1.69 bits per heavy atom. The number of aryl methyl sites for hydroxylation is 2. The fourth-order valence-electron chi connectivity index (χ4n) is 3.28. The number of hydrogen-bond acceptors (Lipinski definition) is 3. The summed E-state index contributed by atoms with van der Waals surface area (Å²) in [5.41, 5.74) is 4.37. The minimum absolute atomic E-state index is 0.0717. The van der Waals surface area contributed by atoms with Crippen LogP contribution in [0.4, 0.5) is 10.2 Å². The first kappa shape index (κ1) is 23.2. The van der Waals surface area contributed by atoms with Crippen LogP contribution in [0.3, 0.4) is 0 Å². The van der Waals surface area contributed by atoms with Crippen molar-refractivity contribution in [1.29, 1.82) is 0 Å². The molecule has 0 spiro atoms. The van der Waals surface area contributed by atoms with E-state index < -0.39 is 0 Å². The zero-order valence-corrected chi connectivity index (χ0v) is 19.1. The zero-order chi connectivity index (χ0) is 23.5. The van der Waals surface area contributed by atoms with Gasteiger partial charge in [0.2, 0.25) is 11.8 Å². The van der Waals surface area contributed by atoms with Gasteiger partial charge in [-0.05, 0) is 43.2 Å². The summed E-state index contributed by atoms with van der Waals surface area (Å²) in [4.78, 5) is 24.7. The number of nitrogens with one attached hydrogen (secondary N) is 2. The molecule has 1 heterocycles. The maximum atomic E-state index is 13.0. The van der Waals surface area contributed by atoms with E-state index in [1.807, 2.05) is 32.0 Å². The van der Waals surface area contributed by atoms with E-state index >= 15 is 0 Å². The van der Waals surface area contributed by atoms with Crippen molar-refractivity contribution in [3.8, 4) is 5.69 Å². The lowest BCUT2D eigenvalue weighted by Gasteiger charge is -2.14. The molecule has 6 nitrogen and oxygen atoms in total. The van der Waals surface area contributed by atoms with Gasteiger partial charge in [-0.2, -0.15) is 5.10 Å². The van der Waals surface area contributed by atoms with Gasteiger partial charge in [0, 0.05) is 11.5 Å². The highest BCUT2D eigenvalue weighted by Crippen LogP contribution is 2.27. The summed E-state index contributed by atoms with van der Waals surface area (Å²) in [5.74, 6) is -0.489. The summed E-state index contributed by atoms with van der Waals surface area (Å²) >= 11 is 0. The van der Waals surface area contributed by atoms with Crippen molar-refractivity contribution in [2.24, 2.45) is 0 Å². The van der Waals surface area contributed by atoms with Crippen LogP contribution in [0.1, 0.15) is 43.2 Å². The Hall–Kier alpha value is -3.48. The largest absolute Gasteiger partial charge is 0.347 e. The summed E-state index contributed by atoms with van der Waals surface area (Å²) in [5, 5.41) is 10.2. The van der Waals surface area contributed by atoms with Crippen LogP contribution in [0.25, 0.3) is 5.69 Å². The number of hydrogen-bond donors (Lipinski definition) is 2. The standard InChI is InChI=1S/C25H29FN4O2/c1-16-6-11-20(17(2)12-16)30-22(14-21(29-30)25(3,4)5)28-24(32)15-27-23(31)13-18-7-9-19(26)10-8-18/h6-12,14H,13,15H2,1-5H3,(H,27,31)(H,28,32). The number of nitrogens with zero attached hydrogens (tertiary/aromatic N) is 2. The molecule has 0 fully saturated rings. The molecule has 0 unspecified atom stereocenters. The van der Waals surface area contributed by atoms with E-state index in [0.717, 1.165) is 22.5 Å². The summed E-state index contributed by atoms with van der Waals surface area (Å²) in [6, 6.07) is 13.6. The average Bonchev–Trinajstić information content (AvgIpc) is 3.12.